The van der Waals surface area contributed by atoms with Crippen molar-refractivity contribution in [3.05, 3.63) is 34.9 Å². The van der Waals surface area contributed by atoms with Crippen molar-refractivity contribution < 1.29 is 9.59 Å². The number of benzene rings is 1. The van der Waals surface area contributed by atoms with Gasteiger partial charge in [-0.15, -0.1) is 0 Å². The number of hydrogen-bond acceptors (Lipinski definition) is 2. The lowest BCUT2D eigenvalue weighted by Gasteiger charge is -2.37. The van der Waals surface area contributed by atoms with Crippen molar-refractivity contribution in [2.75, 3.05) is 26.2 Å². The van der Waals surface area contributed by atoms with Gasteiger partial charge in [-0.2, -0.15) is 0 Å². The van der Waals surface area contributed by atoms with Gasteiger partial charge < -0.3 is 9.80 Å². The molecule has 1 saturated carbocycles. The molecule has 1 aromatic rings. The molecule has 2 aliphatic rings. The van der Waals surface area contributed by atoms with Crippen LogP contribution in [0.2, 0.25) is 5.02 Å². The number of rotatable bonds is 4. The van der Waals surface area contributed by atoms with Gasteiger partial charge in [0.15, 0.2) is 0 Å². The highest BCUT2D eigenvalue weighted by Crippen LogP contribution is 2.50. The van der Waals surface area contributed by atoms with E-state index in [1.165, 1.54) is 0 Å². The smallest absolute Gasteiger partial charge is 0.233 e. The number of carbonyl (C=O) groups excluding carboxylic acids is 2. The second-order valence-electron chi connectivity index (χ2n) is 7.36. The fraction of sp³-hybridized carbons (Fsp3) is 0.579. The topological polar surface area (TPSA) is 40.6 Å². The molecule has 2 amide bonds. The van der Waals surface area contributed by atoms with Crippen LogP contribution in [0, 0.1) is 5.92 Å². The molecule has 5 heteroatoms. The van der Waals surface area contributed by atoms with Gasteiger partial charge in [0, 0.05) is 37.6 Å². The summed E-state index contributed by atoms with van der Waals surface area (Å²) in [5.41, 5.74) is 0.646. The maximum Gasteiger partial charge on any atom is 0.233 e. The number of nitrogens with zero attached hydrogens (tertiary/aromatic N) is 2. The molecule has 24 heavy (non-hydrogen) atoms. The van der Waals surface area contributed by atoms with E-state index in [1.54, 1.807) is 0 Å². The highest BCUT2D eigenvalue weighted by atomic mass is 35.5. The van der Waals surface area contributed by atoms with Crippen LogP contribution in [0.3, 0.4) is 0 Å². The number of piperazine rings is 1. The number of halogens is 1. The zero-order valence-corrected chi connectivity index (χ0v) is 15.2. The second-order valence-corrected chi connectivity index (χ2v) is 7.80. The van der Waals surface area contributed by atoms with Gasteiger partial charge in [0.2, 0.25) is 11.8 Å². The van der Waals surface area contributed by atoms with Crippen molar-refractivity contribution in [1.82, 2.24) is 9.80 Å². The van der Waals surface area contributed by atoms with E-state index >= 15 is 0 Å². The fourth-order valence-electron chi connectivity index (χ4n) is 3.48. The Morgan fingerprint density at radius 3 is 2.29 bits per heavy atom. The number of hydrogen-bond donors (Lipinski definition) is 0. The molecule has 1 saturated heterocycles. The minimum Gasteiger partial charge on any atom is -0.339 e. The Balaban J connectivity index is 1.62. The first-order valence-corrected chi connectivity index (χ1v) is 9.13. The standard InChI is InChI=1S/C19H25ClN2O2/c1-14(2)12-17(23)21-8-10-22(11-9-21)18(24)19(6-7-19)15-4-3-5-16(20)13-15/h3-5,13-14H,6-12H2,1-2H3. The lowest BCUT2D eigenvalue weighted by molar-refractivity contribution is -0.141. The Morgan fingerprint density at radius 1 is 1.12 bits per heavy atom. The molecule has 0 bridgehead atoms. The van der Waals surface area contributed by atoms with Gasteiger partial charge in [-0.3, -0.25) is 9.59 Å². The summed E-state index contributed by atoms with van der Waals surface area (Å²) in [5, 5.41) is 0.677. The minimum absolute atomic E-state index is 0.195. The van der Waals surface area contributed by atoms with Crippen molar-refractivity contribution in [3.8, 4) is 0 Å². The SMILES string of the molecule is CC(C)CC(=O)N1CCN(C(=O)C2(c3cccc(Cl)c3)CC2)CC1. The fourth-order valence-corrected chi connectivity index (χ4v) is 3.67. The monoisotopic (exact) mass is 348 g/mol. The quantitative estimate of drug-likeness (QED) is 0.839. The van der Waals surface area contributed by atoms with Gasteiger partial charge >= 0.3 is 0 Å². The van der Waals surface area contributed by atoms with Crippen molar-refractivity contribution >= 4 is 23.4 Å². The number of carbonyl (C=O) groups is 2. The molecule has 3 rings (SSSR count). The van der Waals surface area contributed by atoms with Gasteiger partial charge in [0.05, 0.1) is 5.41 Å². The van der Waals surface area contributed by atoms with E-state index < -0.39 is 0 Å². The predicted molar refractivity (Wildman–Crippen MR) is 95.0 cm³/mol. The van der Waals surface area contributed by atoms with Crippen molar-refractivity contribution in [1.29, 1.82) is 0 Å². The third kappa shape index (κ3) is 3.44. The Kier molecular flexibility index (Phi) is 4.86. The van der Waals surface area contributed by atoms with E-state index in [4.69, 9.17) is 11.6 Å². The van der Waals surface area contributed by atoms with E-state index in [2.05, 4.69) is 13.8 Å². The molecule has 1 aromatic carbocycles. The first kappa shape index (κ1) is 17.3. The zero-order valence-electron chi connectivity index (χ0n) is 14.4. The van der Waals surface area contributed by atoms with Crippen LogP contribution in [0.5, 0.6) is 0 Å². The summed E-state index contributed by atoms with van der Waals surface area (Å²) in [6.07, 6.45) is 2.36. The van der Waals surface area contributed by atoms with Gasteiger partial charge in [-0.1, -0.05) is 37.6 Å². The molecule has 0 unspecified atom stereocenters. The highest BCUT2D eigenvalue weighted by Gasteiger charge is 2.53. The van der Waals surface area contributed by atoms with Crippen LogP contribution in [0.15, 0.2) is 24.3 Å². The minimum atomic E-state index is -0.380. The summed E-state index contributed by atoms with van der Waals surface area (Å²) in [4.78, 5) is 29.0. The maximum absolute atomic E-state index is 13.0. The first-order chi connectivity index (χ1) is 11.4. The average Bonchev–Trinajstić information content (AvgIpc) is 3.35. The van der Waals surface area contributed by atoms with E-state index in [0.717, 1.165) is 18.4 Å². The number of amides is 2. The summed E-state index contributed by atoms with van der Waals surface area (Å²) >= 11 is 6.10. The lowest BCUT2D eigenvalue weighted by Crippen LogP contribution is -2.53. The van der Waals surface area contributed by atoms with Crippen LogP contribution >= 0.6 is 11.6 Å². The average molecular weight is 349 g/mol. The largest absolute Gasteiger partial charge is 0.339 e. The zero-order chi connectivity index (χ0) is 17.3. The van der Waals surface area contributed by atoms with Gasteiger partial charge in [-0.05, 0) is 36.5 Å². The van der Waals surface area contributed by atoms with E-state index in [9.17, 15) is 9.59 Å². The highest BCUT2D eigenvalue weighted by molar-refractivity contribution is 6.30. The molecule has 0 atom stereocenters. The summed E-state index contributed by atoms with van der Waals surface area (Å²) in [6.45, 7) is 6.65. The van der Waals surface area contributed by atoms with Crippen molar-refractivity contribution in [2.24, 2.45) is 5.92 Å². The molecule has 0 spiro atoms. The summed E-state index contributed by atoms with van der Waals surface area (Å²) in [6, 6.07) is 7.66. The predicted octanol–water partition coefficient (Wildman–Crippen LogP) is 3.09. The van der Waals surface area contributed by atoms with E-state index in [-0.39, 0.29) is 17.2 Å². The van der Waals surface area contributed by atoms with E-state index in [1.807, 2.05) is 34.1 Å². The van der Waals surface area contributed by atoms with Crippen LogP contribution in [-0.4, -0.2) is 47.8 Å². The normalized spacial score (nSPS) is 19.5. The third-order valence-corrected chi connectivity index (χ3v) is 5.27. The van der Waals surface area contributed by atoms with Crippen molar-refractivity contribution in [2.45, 2.75) is 38.5 Å². The maximum atomic E-state index is 13.0. The molecule has 2 fully saturated rings. The summed E-state index contributed by atoms with van der Waals surface area (Å²) < 4.78 is 0. The summed E-state index contributed by atoms with van der Waals surface area (Å²) in [7, 11) is 0. The van der Waals surface area contributed by atoms with Crippen LogP contribution in [0.4, 0.5) is 0 Å². The molecule has 4 nitrogen and oxygen atoms in total. The van der Waals surface area contributed by atoms with Crippen molar-refractivity contribution in [3.63, 3.8) is 0 Å². The molecule has 0 radical (unpaired) electrons. The molecule has 1 aliphatic heterocycles. The summed E-state index contributed by atoms with van der Waals surface area (Å²) in [5.74, 6) is 0.767. The molecule has 0 N–H and O–H groups in total. The van der Waals surface area contributed by atoms with Gasteiger partial charge in [0.25, 0.3) is 0 Å². The first-order valence-electron chi connectivity index (χ1n) is 8.75. The third-order valence-electron chi connectivity index (χ3n) is 5.04. The molecule has 1 aliphatic carbocycles. The molecule has 0 aromatic heterocycles. The van der Waals surface area contributed by atoms with Gasteiger partial charge in [-0.25, -0.2) is 0 Å². The Bertz CT molecular complexity index is 632. The Morgan fingerprint density at radius 2 is 1.75 bits per heavy atom. The van der Waals surface area contributed by atoms with E-state index in [0.29, 0.717) is 43.5 Å². The molecule has 130 valence electrons. The van der Waals surface area contributed by atoms with Crippen LogP contribution in [0.25, 0.3) is 0 Å². The van der Waals surface area contributed by atoms with Gasteiger partial charge in [0.1, 0.15) is 0 Å². The van der Waals surface area contributed by atoms with Crippen LogP contribution in [-0.2, 0) is 15.0 Å². The molecular formula is C19H25ClN2O2. The Hall–Kier alpha value is -1.55. The van der Waals surface area contributed by atoms with Crippen LogP contribution < -0.4 is 0 Å². The van der Waals surface area contributed by atoms with Crippen LogP contribution in [0.1, 0.15) is 38.7 Å². The molecular weight excluding hydrogens is 324 g/mol. The second kappa shape index (κ2) is 6.75. The molecule has 1 heterocycles. The lowest BCUT2D eigenvalue weighted by atomic mass is 9.94. The Labute approximate surface area is 148 Å².